The van der Waals surface area contributed by atoms with Crippen molar-refractivity contribution in [3.63, 3.8) is 0 Å². The van der Waals surface area contributed by atoms with Gasteiger partial charge in [-0.05, 0) is 6.07 Å². The first-order valence-electron chi connectivity index (χ1n) is 5.50. The van der Waals surface area contributed by atoms with Gasteiger partial charge in [-0.3, -0.25) is 4.68 Å². The van der Waals surface area contributed by atoms with Gasteiger partial charge in [0.25, 0.3) is 0 Å². The fourth-order valence-electron chi connectivity index (χ4n) is 1.38. The minimum atomic E-state index is -3.63. The van der Waals surface area contributed by atoms with Crippen LogP contribution < -0.4 is 4.72 Å². The van der Waals surface area contributed by atoms with E-state index in [9.17, 15) is 8.42 Å². The Labute approximate surface area is 110 Å². The molecule has 0 spiro atoms. The predicted octanol–water partition coefficient (Wildman–Crippen LogP) is -0.856. The first-order valence-corrected chi connectivity index (χ1v) is 6.98. The average Bonchev–Trinajstić information content (AvgIpc) is 2.88. The third-order valence-corrected chi connectivity index (χ3v) is 3.69. The molecule has 0 fully saturated rings. The Bertz CT molecular complexity index is 626. The zero-order valence-electron chi connectivity index (χ0n) is 9.97. The van der Waals surface area contributed by atoms with Crippen LogP contribution in [0.1, 0.15) is 5.69 Å². The molecule has 2 rings (SSSR count). The highest BCUT2D eigenvalue weighted by Crippen LogP contribution is 2.07. The van der Waals surface area contributed by atoms with Gasteiger partial charge in [-0.25, -0.2) is 23.1 Å². The molecule has 19 heavy (non-hydrogen) atoms. The van der Waals surface area contributed by atoms with E-state index < -0.39 is 10.0 Å². The maximum Gasteiger partial charge on any atom is 0.244 e. The van der Waals surface area contributed by atoms with Crippen molar-refractivity contribution in [2.45, 2.75) is 18.0 Å². The summed E-state index contributed by atoms with van der Waals surface area (Å²) < 4.78 is 27.7. The number of rotatable bonds is 6. The van der Waals surface area contributed by atoms with Crippen molar-refractivity contribution in [2.75, 3.05) is 6.61 Å². The molecule has 0 unspecified atom stereocenters. The van der Waals surface area contributed by atoms with Crippen molar-refractivity contribution in [1.29, 1.82) is 0 Å². The molecule has 0 aliphatic heterocycles. The van der Waals surface area contributed by atoms with Crippen molar-refractivity contribution in [3.05, 3.63) is 36.7 Å². The third kappa shape index (κ3) is 3.56. The normalized spacial score (nSPS) is 11.6. The van der Waals surface area contributed by atoms with E-state index in [1.54, 1.807) is 6.07 Å². The minimum Gasteiger partial charge on any atom is -0.394 e. The molecule has 0 radical (unpaired) electrons. The molecule has 8 nitrogen and oxygen atoms in total. The van der Waals surface area contributed by atoms with Gasteiger partial charge in [0, 0.05) is 12.4 Å². The summed E-state index contributed by atoms with van der Waals surface area (Å²) in [5.41, 5.74) is 0.571. The maximum absolute atomic E-state index is 12.0. The Hall–Kier alpha value is -1.84. The summed E-state index contributed by atoms with van der Waals surface area (Å²) in [6.07, 6.45) is 5.48. The predicted molar refractivity (Wildman–Crippen MR) is 65.4 cm³/mol. The fraction of sp³-hybridized carbons (Fsp3) is 0.300. The fourth-order valence-corrected chi connectivity index (χ4v) is 2.33. The highest BCUT2D eigenvalue weighted by atomic mass is 32.2. The molecule has 2 aromatic rings. The number of aliphatic hydroxyl groups excluding tert-OH is 1. The number of aliphatic hydroxyl groups is 1. The molecule has 2 heterocycles. The van der Waals surface area contributed by atoms with Crippen molar-refractivity contribution in [2.24, 2.45) is 0 Å². The molecule has 0 aliphatic rings. The van der Waals surface area contributed by atoms with Gasteiger partial charge in [-0.1, -0.05) is 0 Å². The van der Waals surface area contributed by atoms with Gasteiger partial charge < -0.3 is 5.11 Å². The molecule has 0 aromatic carbocycles. The van der Waals surface area contributed by atoms with Crippen LogP contribution in [0.25, 0.3) is 0 Å². The third-order valence-electron chi connectivity index (χ3n) is 2.34. The smallest absolute Gasteiger partial charge is 0.244 e. The van der Waals surface area contributed by atoms with Crippen LogP contribution in [0.2, 0.25) is 0 Å². The van der Waals surface area contributed by atoms with E-state index in [1.807, 2.05) is 0 Å². The van der Waals surface area contributed by atoms with Gasteiger partial charge in [0.2, 0.25) is 10.0 Å². The van der Waals surface area contributed by atoms with Gasteiger partial charge in [-0.2, -0.15) is 5.10 Å². The monoisotopic (exact) mass is 283 g/mol. The summed E-state index contributed by atoms with van der Waals surface area (Å²) in [6, 6.07) is 1.62. The molecule has 2 N–H and O–H groups in total. The topological polar surface area (TPSA) is 110 Å². The second-order valence-electron chi connectivity index (χ2n) is 3.69. The first kappa shape index (κ1) is 13.6. The number of hydrogen-bond acceptors (Lipinski definition) is 6. The van der Waals surface area contributed by atoms with Gasteiger partial charge in [0.1, 0.15) is 11.2 Å². The molecular formula is C10H13N5O3S. The van der Waals surface area contributed by atoms with Crippen LogP contribution in [0.3, 0.4) is 0 Å². The Balaban J connectivity index is 2.05. The van der Waals surface area contributed by atoms with E-state index in [2.05, 4.69) is 19.8 Å². The van der Waals surface area contributed by atoms with Gasteiger partial charge in [0.15, 0.2) is 0 Å². The zero-order valence-corrected chi connectivity index (χ0v) is 10.8. The highest BCUT2D eigenvalue weighted by Gasteiger charge is 2.16. The van der Waals surface area contributed by atoms with E-state index in [4.69, 9.17) is 5.11 Å². The standard InChI is InChI=1S/C10H13N5O3S/c16-4-3-15-7-10(6-13-15)19(17,18)14-5-9-1-2-11-8-12-9/h1-2,6-8,14,16H,3-5H2. The van der Waals surface area contributed by atoms with Crippen molar-refractivity contribution in [3.8, 4) is 0 Å². The van der Waals surface area contributed by atoms with Crippen molar-refractivity contribution < 1.29 is 13.5 Å². The summed E-state index contributed by atoms with van der Waals surface area (Å²) in [5, 5.41) is 12.6. The van der Waals surface area contributed by atoms with Crippen LogP contribution in [-0.2, 0) is 23.1 Å². The molecule has 102 valence electrons. The lowest BCUT2D eigenvalue weighted by Crippen LogP contribution is -2.23. The van der Waals surface area contributed by atoms with Crippen LogP contribution in [-0.4, -0.2) is 39.9 Å². The van der Waals surface area contributed by atoms with E-state index in [-0.39, 0.29) is 24.6 Å². The lowest BCUT2D eigenvalue weighted by atomic mass is 10.4. The number of sulfonamides is 1. The van der Waals surface area contributed by atoms with Gasteiger partial charge in [0.05, 0.1) is 31.6 Å². The summed E-state index contributed by atoms with van der Waals surface area (Å²) in [7, 11) is -3.63. The minimum absolute atomic E-state index is 0.0509. The first-order chi connectivity index (χ1) is 9.12. The average molecular weight is 283 g/mol. The molecule has 0 saturated carbocycles. The molecule has 0 saturated heterocycles. The van der Waals surface area contributed by atoms with Crippen LogP contribution in [0.15, 0.2) is 35.9 Å². The van der Waals surface area contributed by atoms with E-state index in [0.717, 1.165) is 0 Å². The SMILES string of the molecule is O=S(=O)(NCc1ccncn1)c1cnn(CCO)c1. The lowest BCUT2D eigenvalue weighted by Gasteiger charge is -2.03. The Morgan fingerprint density at radius 2 is 2.26 bits per heavy atom. The zero-order chi connectivity index (χ0) is 13.7. The molecule has 0 bridgehead atoms. The lowest BCUT2D eigenvalue weighted by molar-refractivity contribution is 0.269. The number of aromatic nitrogens is 4. The molecule has 0 amide bonds. The summed E-state index contributed by atoms with van der Waals surface area (Å²) in [6.45, 7) is 0.229. The van der Waals surface area contributed by atoms with Crippen LogP contribution in [0.4, 0.5) is 0 Å². The van der Waals surface area contributed by atoms with Crippen LogP contribution in [0, 0.1) is 0 Å². The molecular weight excluding hydrogens is 270 g/mol. The largest absolute Gasteiger partial charge is 0.394 e. The van der Waals surface area contributed by atoms with Crippen LogP contribution >= 0.6 is 0 Å². The van der Waals surface area contributed by atoms with Gasteiger partial charge in [-0.15, -0.1) is 0 Å². The quantitative estimate of drug-likeness (QED) is 0.714. The number of nitrogens with zero attached hydrogens (tertiary/aromatic N) is 4. The molecule has 2 aromatic heterocycles. The molecule has 9 heteroatoms. The molecule has 0 aliphatic carbocycles. The Kier molecular flexibility index (Phi) is 4.20. The van der Waals surface area contributed by atoms with E-state index >= 15 is 0 Å². The Morgan fingerprint density at radius 1 is 1.42 bits per heavy atom. The number of hydrogen-bond donors (Lipinski definition) is 2. The number of nitrogens with one attached hydrogen (secondary N) is 1. The van der Waals surface area contributed by atoms with Crippen molar-refractivity contribution in [1.82, 2.24) is 24.5 Å². The summed E-state index contributed by atoms with van der Waals surface area (Å²) in [5.74, 6) is 0. The van der Waals surface area contributed by atoms with E-state index in [0.29, 0.717) is 5.69 Å². The van der Waals surface area contributed by atoms with Crippen LogP contribution in [0.5, 0.6) is 0 Å². The summed E-state index contributed by atoms with van der Waals surface area (Å²) in [4.78, 5) is 7.72. The van der Waals surface area contributed by atoms with Gasteiger partial charge >= 0.3 is 0 Å². The molecule has 0 atom stereocenters. The van der Waals surface area contributed by atoms with E-state index in [1.165, 1.54) is 29.6 Å². The second-order valence-corrected chi connectivity index (χ2v) is 5.45. The highest BCUT2D eigenvalue weighted by molar-refractivity contribution is 7.89. The second kappa shape index (κ2) is 5.87. The summed E-state index contributed by atoms with van der Waals surface area (Å²) >= 11 is 0. The Morgan fingerprint density at radius 3 is 2.95 bits per heavy atom. The maximum atomic E-state index is 12.0. The van der Waals surface area contributed by atoms with Crippen molar-refractivity contribution >= 4 is 10.0 Å².